The summed E-state index contributed by atoms with van der Waals surface area (Å²) in [4.78, 5) is 27.8. The van der Waals surface area contributed by atoms with E-state index in [0.717, 1.165) is 18.5 Å². The van der Waals surface area contributed by atoms with Gasteiger partial charge in [-0.05, 0) is 31.9 Å². The van der Waals surface area contributed by atoms with Crippen molar-refractivity contribution in [1.29, 1.82) is 0 Å². The zero-order valence-corrected chi connectivity index (χ0v) is 13.6. The van der Waals surface area contributed by atoms with Crippen molar-refractivity contribution >= 4 is 16.8 Å². The number of aryl methyl sites for hydroxylation is 1. The molecule has 0 aliphatic heterocycles. The first-order valence-corrected chi connectivity index (χ1v) is 7.94. The van der Waals surface area contributed by atoms with Gasteiger partial charge in [0.1, 0.15) is 0 Å². The lowest BCUT2D eigenvalue weighted by Gasteiger charge is -2.41. The molecule has 2 N–H and O–H groups in total. The average Bonchev–Trinajstić information content (AvgIpc) is 2.49. The van der Waals surface area contributed by atoms with Crippen LogP contribution in [-0.4, -0.2) is 31.2 Å². The second kappa shape index (κ2) is 6.16. The van der Waals surface area contributed by atoms with Crippen molar-refractivity contribution < 1.29 is 9.53 Å². The molecule has 0 atom stereocenters. The Labute approximate surface area is 135 Å². The van der Waals surface area contributed by atoms with Gasteiger partial charge in [-0.3, -0.25) is 9.59 Å². The third kappa shape index (κ3) is 3.01. The minimum Gasteiger partial charge on any atom is -0.384 e. The van der Waals surface area contributed by atoms with Gasteiger partial charge in [0, 0.05) is 36.2 Å². The van der Waals surface area contributed by atoms with Gasteiger partial charge in [-0.1, -0.05) is 12.5 Å². The van der Waals surface area contributed by atoms with Crippen molar-refractivity contribution in [2.45, 2.75) is 26.2 Å². The molecule has 1 heterocycles. The van der Waals surface area contributed by atoms with Crippen molar-refractivity contribution in [1.82, 2.24) is 10.3 Å². The Morgan fingerprint density at radius 3 is 2.83 bits per heavy atom. The summed E-state index contributed by atoms with van der Waals surface area (Å²) in [6.45, 7) is 3.09. The number of nitrogens with one attached hydrogen (secondary N) is 2. The number of aromatic nitrogens is 1. The van der Waals surface area contributed by atoms with E-state index in [4.69, 9.17) is 4.74 Å². The fraction of sp³-hybridized carbons (Fsp3) is 0.444. The molecule has 23 heavy (non-hydrogen) atoms. The molecule has 0 unspecified atom stereocenters. The van der Waals surface area contributed by atoms with Gasteiger partial charge in [-0.15, -0.1) is 0 Å². The summed E-state index contributed by atoms with van der Waals surface area (Å²) in [6, 6.07) is 6.78. The zero-order chi connectivity index (χ0) is 16.4. The molecular weight excluding hydrogens is 292 g/mol. The lowest BCUT2D eigenvalue weighted by molar-refractivity contribution is 0.0180. The van der Waals surface area contributed by atoms with Crippen LogP contribution in [0, 0.1) is 12.3 Å². The number of amides is 1. The normalized spacial score (nSPS) is 16.1. The third-order valence-electron chi connectivity index (χ3n) is 4.73. The highest BCUT2D eigenvalue weighted by molar-refractivity contribution is 6.05. The summed E-state index contributed by atoms with van der Waals surface area (Å²) >= 11 is 0. The fourth-order valence-corrected chi connectivity index (χ4v) is 3.31. The molecule has 5 heteroatoms. The van der Waals surface area contributed by atoms with E-state index >= 15 is 0 Å². The molecule has 2 aromatic rings. The number of aromatic amines is 1. The maximum Gasteiger partial charge on any atom is 0.253 e. The van der Waals surface area contributed by atoms with Crippen molar-refractivity contribution in [3.8, 4) is 0 Å². The van der Waals surface area contributed by atoms with E-state index in [2.05, 4.69) is 10.3 Å². The number of ether oxygens (including phenoxy) is 1. The first kappa shape index (κ1) is 15.7. The number of hydrogen-bond acceptors (Lipinski definition) is 3. The van der Waals surface area contributed by atoms with Crippen molar-refractivity contribution in [3.63, 3.8) is 0 Å². The molecule has 5 nitrogen and oxygen atoms in total. The van der Waals surface area contributed by atoms with Crippen LogP contribution in [0.25, 0.3) is 10.9 Å². The Bertz CT molecular complexity index is 790. The summed E-state index contributed by atoms with van der Waals surface area (Å²) in [5, 5.41) is 3.56. The molecule has 0 spiro atoms. The SMILES string of the molecule is COCC1(CNC(=O)c2cccc3c(=O)cc(C)[nH]c23)CCC1. The summed E-state index contributed by atoms with van der Waals surface area (Å²) in [5.74, 6) is -0.153. The van der Waals surface area contributed by atoms with Gasteiger partial charge >= 0.3 is 0 Å². The van der Waals surface area contributed by atoms with Crippen LogP contribution >= 0.6 is 0 Å². The molecule has 1 aromatic carbocycles. The van der Waals surface area contributed by atoms with Gasteiger partial charge in [0.05, 0.1) is 17.7 Å². The Morgan fingerprint density at radius 2 is 2.17 bits per heavy atom. The molecule has 1 amide bonds. The highest BCUT2D eigenvalue weighted by Gasteiger charge is 2.37. The van der Waals surface area contributed by atoms with Gasteiger partial charge in [-0.2, -0.15) is 0 Å². The van der Waals surface area contributed by atoms with Gasteiger partial charge in [-0.25, -0.2) is 0 Å². The van der Waals surface area contributed by atoms with Gasteiger partial charge < -0.3 is 15.0 Å². The molecule has 1 aromatic heterocycles. The van der Waals surface area contributed by atoms with Crippen LogP contribution < -0.4 is 10.7 Å². The number of carbonyl (C=O) groups excluding carboxylic acids is 1. The maximum absolute atomic E-state index is 12.6. The number of carbonyl (C=O) groups is 1. The largest absolute Gasteiger partial charge is 0.384 e. The van der Waals surface area contributed by atoms with Gasteiger partial charge in [0.2, 0.25) is 0 Å². The Balaban J connectivity index is 1.85. The highest BCUT2D eigenvalue weighted by atomic mass is 16.5. The van der Waals surface area contributed by atoms with Gasteiger partial charge in [0.25, 0.3) is 5.91 Å². The van der Waals surface area contributed by atoms with Crippen LogP contribution in [0.15, 0.2) is 29.1 Å². The lowest BCUT2D eigenvalue weighted by atomic mass is 9.69. The fourth-order valence-electron chi connectivity index (χ4n) is 3.31. The minimum atomic E-state index is -0.153. The van der Waals surface area contributed by atoms with Crippen LogP contribution in [0.3, 0.4) is 0 Å². The van der Waals surface area contributed by atoms with E-state index in [1.165, 1.54) is 6.42 Å². The quantitative estimate of drug-likeness (QED) is 0.890. The first-order valence-electron chi connectivity index (χ1n) is 7.94. The smallest absolute Gasteiger partial charge is 0.253 e. The maximum atomic E-state index is 12.6. The highest BCUT2D eigenvalue weighted by Crippen LogP contribution is 2.40. The average molecular weight is 314 g/mol. The number of rotatable bonds is 5. The van der Waals surface area contributed by atoms with Crippen LogP contribution in [-0.2, 0) is 4.74 Å². The number of fused-ring (bicyclic) bond motifs is 1. The molecule has 1 fully saturated rings. The van der Waals surface area contributed by atoms with E-state index in [-0.39, 0.29) is 16.8 Å². The molecule has 3 rings (SSSR count). The topological polar surface area (TPSA) is 71.2 Å². The van der Waals surface area contributed by atoms with Crippen LogP contribution in [0.2, 0.25) is 0 Å². The van der Waals surface area contributed by atoms with E-state index in [0.29, 0.717) is 29.6 Å². The monoisotopic (exact) mass is 314 g/mol. The minimum absolute atomic E-state index is 0.0678. The summed E-state index contributed by atoms with van der Waals surface area (Å²) in [7, 11) is 1.69. The standard InChI is InChI=1S/C18H22N2O3/c1-12-9-15(21)13-5-3-6-14(16(13)20-12)17(22)19-10-18(11-23-2)7-4-8-18/h3,5-6,9H,4,7-8,10-11H2,1-2H3,(H,19,22)(H,20,21). The van der Waals surface area contributed by atoms with E-state index in [1.807, 2.05) is 6.92 Å². The van der Waals surface area contributed by atoms with Gasteiger partial charge in [0.15, 0.2) is 5.43 Å². The summed E-state index contributed by atoms with van der Waals surface area (Å²) < 4.78 is 5.29. The number of benzene rings is 1. The first-order chi connectivity index (χ1) is 11.0. The predicted octanol–water partition coefficient (Wildman–Crippen LogP) is 2.38. The molecule has 122 valence electrons. The molecule has 0 radical (unpaired) electrons. The second-order valence-corrected chi connectivity index (χ2v) is 6.51. The molecule has 1 aliphatic rings. The second-order valence-electron chi connectivity index (χ2n) is 6.51. The lowest BCUT2D eigenvalue weighted by Crippen LogP contribution is -2.45. The number of pyridine rings is 1. The van der Waals surface area contributed by atoms with Crippen LogP contribution in [0.4, 0.5) is 0 Å². The Kier molecular flexibility index (Phi) is 4.22. The van der Waals surface area contributed by atoms with Crippen LogP contribution in [0.5, 0.6) is 0 Å². The third-order valence-corrected chi connectivity index (χ3v) is 4.73. The molecule has 1 aliphatic carbocycles. The molecule has 1 saturated carbocycles. The van der Waals surface area contributed by atoms with Crippen molar-refractivity contribution in [3.05, 3.63) is 45.7 Å². The molecule has 0 bridgehead atoms. The molecular formula is C18H22N2O3. The van der Waals surface area contributed by atoms with E-state index < -0.39 is 0 Å². The number of hydrogen-bond donors (Lipinski definition) is 2. The van der Waals surface area contributed by atoms with Crippen molar-refractivity contribution in [2.24, 2.45) is 5.41 Å². The predicted molar refractivity (Wildman–Crippen MR) is 89.8 cm³/mol. The van der Waals surface area contributed by atoms with E-state index in [9.17, 15) is 9.59 Å². The van der Waals surface area contributed by atoms with Crippen molar-refractivity contribution in [2.75, 3.05) is 20.3 Å². The Morgan fingerprint density at radius 1 is 1.39 bits per heavy atom. The number of methoxy groups -OCH3 is 1. The summed E-state index contributed by atoms with van der Waals surface area (Å²) in [6.07, 6.45) is 3.33. The summed E-state index contributed by atoms with van der Waals surface area (Å²) in [5.41, 5.74) is 1.86. The van der Waals surface area contributed by atoms with E-state index in [1.54, 1.807) is 31.4 Å². The zero-order valence-electron chi connectivity index (χ0n) is 13.6. The molecule has 0 saturated heterocycles. The Hall–Kier alpha value is -2.14. The number of H-pyrrole nitrogens is 1. The number of para-hydroxylation sites is 1. The van der Waals surface area contributed by atoms with Crippen LogP contribution in [0.1, 0.15) is 35.3 Å².